The van der Waals surface area contributed by atoms with Gasteiger partial charge >= 0.3 is 0 Å². The fourth-order valence-corrected chi connectivity index (χ4v) is 3.64. The highest BCUT2D eigenvalue weighted by Gasteiger charge is 2.25. The van der Waals surface area contributed by atoms with E-state index in [4.69, 9.17) is 14.2 Å². The minimum Gasteiger partial charge on any atom is -0.454 e. The summed E-state index contributed by atoms with van der Waals surface area (Å²) >= 11 is 0. The molecule has 0 aliphatic carbocycles. The summed E-state index contributed by atoms with van der Waals surface area (Å²) in [5.74, 6) is 1.08. The number of carbonyl (C=O) groups is 1. The Bertz CT molecular complexity index is 958. The van der Waals surface area contributed by atoms with Crippen molar-refractivity contribution in [1.82, 2.24) is 4.90 Å². The van der Waals surface area contributed by atoms with Crippen molar-refractivity contribution in [3.05, 3.63) is 57.6 Å². The molecule has 0 saturated carbocycles. The lowest BCUT2D eigenvalue weighted by Crippen LogP contribution is -2.36. The van der Waals surface area contributed by atoms with Gasteiger partial charge in [-0.3, -0.25) is 14.9 Å². The van der Waals surface area contributed by atoms with Crippen molar-refractivity contribution in [2.24, 2.45) is 0 Å². The van der Waals surface area contributed by atoms with Crippen molar-refractivity contribution in [1.29, 1.82) is 0 Å². The number of anilines is 1. The molecule has 9 nitrogen and oxygen atoms in total. The molecule has 2 aromatic carbocycles. The van der Waals surface area contributed by atoms with Gasteiger partial charge in [0.2, 0.25) is 6.79 Å². The molecular formula is C21H23N3O6. The molecule has 0 atom stereocenters. The SMILES string of the molecule is CCN(Cc1ccc2c(c1)OCO2)C(=O)c1ccc(N2CCOCC2)c([N+](=O)[O-])c1. The number of morpholine rings is 1. The molecule has 2 aromatic rings. The Balaban J connectivity index is 1.56. The molecule has 0 radical (unpaired) electrons. The lowest BCUT2D eigenvalue weighted by atomic mass is 10.1. The van der Waals surface area contributed by atoms with Gasteiger partial charge in [-0.05, 0) is 36.8 Å². The molecule has 0 spiro atoms. The van der Waals surface area contributed by atoms with E-state index in [-0.39, 0.29) is 18.4 Å². The third-order valence-electron chi connectivity index (χ3n) is 5.25. The summed E-state index contributed by atoms with van der Waals surface area (Å²) in [6, 6.07) is 10.2. The van der Waals surface area contributed by atoms with Crippen molar-refractivity contribution >= 4 is 17.3 Å². The summed E-state index contributed by atoms with van der Waals surface area (Å²) in [5, 5.41) is 11.7. The van der Waals surface area contributed by atoms with E-state index in [0.717, 1.165) is 5.56 Å². The van der Waals surface area contributed by atoms with Crippen LogP contribution in [0, 0.1) is 10.1 Å². The van der Waals surface area contributed by atoms with Gasteiger partial charge in [-0.15, -0.1) is 0 Å². The van der Waals surface area contributed by atoms with Crippen LogP contribution in [0.5, 0.6) is 11.5 Å². The number of amides is 1. The Morgan fingerprint density at radius 2 is 1.90 bits per heavy atom. The van der Waals surface area contributed by atoms with Crippen LogP contribution in [0.3, 0.4) is 0 Å². The highest BCUT2D eigenvalue weighted by Crippen LogP contribution is 2.33. The fourth-order valence-electron chi connectivity index (χ4n) is 3.64. The number of nitrogens with zero attached hydrogens (tertiary/aromatic N) is 3. The van der Waals surface area contributed by atoms with Gasteiger partial charge < -0.3 is 24.0 Å². The second-order valence-corrected chi connectivity index (χ2v) is 7.07. The van der Waals surface area contributed by atoms with Gasteiger partial charge in [0.15, 0.2) is 11.5 Å². The molecule has 1 fully saturated rings. The summed E-state index contributed by atoms with van der Waals surface area (Å²) in [4.78, 5) is 27.9. The first kappa shape index (κ1) is 20.0. The van der Waals surface area contributed by atoms with E-state index in [1.54, 1.807) is 17.0 Å². The largest absolute Gasteiger partial charge is 0.454 e. The molecular weight excluding hydrogens is 390 g/mol. The van der Waals surface area contributed by atoms with Gasteiger partial charge in [-0.2, -0.15) is 0 Å². The Kier molecular flexibility index (Phi) is 5.71. The number of hydrogen-bond donors (Lipinski definition) is 0. The Hall–Kier alpha value is -3.33. The van der Waals surface area contributed by atoms with Crippen molar-refractivity contribution in [2.45, 2.75) is 13.5 Å². The molecule has 0 N–H and O–H groups in total. The molecule has 4 rings (SSSR count). The maximum absolute atomic E-state index is 13.1. The van der Waals surface area contributed by atoms with Crippen LogP contribution in [0.2, 0.25) is 0 Å². The van der Waals surface area contributed by atoms with Crippen molar-refractivity contribution in [3.8, 4) is 11.5 Å². The average molecular weight is 413 g/mol. The zero-order valence-corrected chi connectivity index (χ0v) is 16.7. The van der Waals surface area contributed by atoms with E-state index in [0.29, 0.717) is 62.1 Å². The number of nitro groups is 1. The zero-order valence-electron chi connectivity index (χ0n) is 16.7. The summed E-state index contributed by atoms with van der Waals surface area (Å²) in [6.45, 7) is 5.11. The number of hydrogen-bond acceptors (Lipinski definition) is 7. The highest BCUT2D eigenvalue weighted by molar-refractivity contribution is 5.95. The summed E-state index contributed by atoms with van der Waals surface area (Å²) in [5.41, 5.74) is 1.63. The monoisotopic (exact) mass is 413 g/mol. The number of fused-ring (bicyclic) bond motifs is 1. The smallest absolute Gasteiger partial charge is 0.293 e. The zero-order chi connectivity index (χ0) is 21.1. The topological polar surface area (TPSA) is 94.4 Å². The molecule has 1 saturated heterocycles. The normalized spacial score (nSPS) is 15.2. The quantitative estimate of drug-likeness (QED) is 0.531. The molecule has 30 heavy (non-hydrogen) atoms. The van der Waals surface area contributed by atoms with Crippen LogP contribution >= 0.6 is 0 Å². The van der Waals surface area contributed by atoms with Gasteiger partial charge in [-0.25, -0.2) is 0 Å². The van der Waals surface area contributed by atoms with E-state index in [9.17, 15) is 14.9 Å². The van der Waals surface area contributed by atoms with Crippen LogP contribution in [0.1, 0.15) is 22.8 Å². The van der Waals surface area contributed by atoms with E-state index in [1.807, 2.05) is 30.0 Å². The number of rotatable bonds is 6. The van der Waals surface area contributed by atoms with Gasteiger partial charge in [0, 0.05) is 37.8 Å². The molecule has 1 amide bonds. The number of ether oxygens (including phenoxy) is 3. The molecule has 158 valence electrons. The average Bonchev–Trinajstić information content (AvgIpc) is 3.25. The fraction of sp³-hybridized carbons (Fsp3) is 0.381. The van der Waals surface area contributed by atoms with Gasteiger partial charge in [0.05, 0.1) is 18.1 Å². The van der Waals surface area contributed by atoms with Gasteiger partial charge in [0.25, 0.3) is 11.6 Å². The van der Waals surface area contributed by atoms with Crippen LogP contribution in [-0.2, 0) is 11.3 Å². The molecule has 0 bridgehead atoms. The standard InChI is InChI=1S/C21H23N3O6/c1-2-22(13-15-3-6-19-20(11-15)30-14-29-19)21(25)16-4-5-17(18(12-16)24(26)27)23-7-9-28-10-8-23/h3-6,11-12H,2,7-10,13-14H2,1H3. The Morgan fingerprint density at radius 3 is 2.63 bits per heavy atom. The minimum atomic E-state index is -0.435. The van der Waals surface area contributed by atoms with Gasteiger partial charge in [0.1, 0.15) is 5.69 Å². The van der Waals surface area contributed by atoms with Crippen molar-refractivity contribution in [2.75, 3.05) is 44.5 Å². The van der Waals surface area contributed by atoms with Crippen LogP contribution in [-0.4, -0.2) is 55.4 Å². The minimum absolute atomic E-state index is 0.0677. The lowest BCUT2D eigenvalue weighted by Gasteiger charge is -2.28. The summed E-state index contributed by atoms with van der Waals surface area (Å²) in [6.07, 6.45) is 0. The first-order chi connectivity index (χ1) is 14.6. The van der Waals surface area contributed by atoms with Crippen LogP contribution in [0.25, 0.3) is 0 Å². The predicted molar refractivity (Wildman–Crippen MR) is 109 cm³/mol. The number of carbonyl (C=O) groups excluding carboxylic acids is 1. The van der Waals surface area contributed by atoms with Gasteiger partial charge in [-0.1, -0.05) is 6.07 Å². The first-order valence-corrected chi connectivity index (χ1v) is 9.85. The van der Waals surface area contributed by atoms with Crippen molar-refractivity contribution in [3.63, 3.8) is 0 Å². The predicted octanol–water partition coefficient (Wildman–Crippen LogP) is 2.82. The third-order valence-corrected chi connectivity index (χ3v) is 5.25. The second kappa shape index (κ2) is 8.58. The van der Waals surface area contributed by atoms with E-state index in [2.05, 4.69) is 0 Å². The number of nitro benzene ring substituents is 1. The Morgan fingerprint density at radius 1 is 1.13 bits per heavy atom. The lowest BCUT2D eigenvalue weighted by molar-refractivity contribution is -0.384. The number of benzene rings is 2. The molecule has 2 heterocycles. The molecule has 9 heteroatoms. The van der Waals surface area contributed by atoms with Crippen LogP contribution in [0.4, 0.5) is 11.4 Å². The molecule has 0 aromatic heterocycles. The molecule has 0 unspecified atom stereocenters. The maximum Gasteiger partial charge on any atom is 0.293 e. The summed E-state index contributed by atoms with van der Waals surface area (Å²) < 4.78 is 16.0. The van der Waals surface area contributed by atoms with Crippen LogP contribution in [0.15, 0.2) is 36.4 Å². The first-order valence-electron chi connectivity index (χ1n) is 9.85. The van der Waals surface area contributed by atoms with Crippen molar-refractivity contribution < 1.29 is 23.9 Å². The van der Waals surface area contributed by atoms with E-state index >= 15 is 0 Å². The van der Waals surface area contributed by atoms with E-state index < -0.39 is 4.92 Å². The maximum atomic E-state index is 13.1. The highest BCUT2D eigenvalue weighted by atomic mass is 16.7. The molecule has 2 aliphatic heterocycles. The van der Waals surface area contributed by atoms with Crippen LogP contribution < -0.4 is 14.4 Å². The second-order valence-electron chi connectivity index (χ2n) is 7.07. The molecule has 2 aliphatic rings. The summed E-state index contributed by atoms with van der Waals surface area (Å²) in [7, 11) is 0. The third kappa shape index (κ3) is 4.02. The van der Waals surface area contributed by atoms with E-state index in [1.165, 1.54) is 6.07 Å². The Labute approximate surface area is 173 Å².